The Kier molecular flexibility index (Phi) is 3.46. The van der Waals surface area contributed by atoms with Crippen LogP contribution >= 0.6 is 0 Å². The average molecular weight is 273 g/mol. The van der Waals surface area contributed by atoms with Gasteiger partial charge in [-0.2, -0.15) is 0 Å². The summed E-state index contributed by atoms with van der Waals surface area (Å²) in [6.45, 7) is 3.61. The van der Waals surface area contributed by atoms with E-state index in [1.807, 2.05) is 36.1 Å². The molecule has 1 aromatic heterocycles. The Hall–Kier alpha value is -1.85. The first-order valence-corrected chi connectivity index (χ1v) is 6.89. The van der Waals surface area contributed by atoms with E-state index in [4.69, 9.17) is 10.5 Å². The number of aromatic nitrogens is 1. The van der Waals surface area contributed by atoms with E-state index in [1.54, 1.807) is 6.20 Å². The molecule has 20 heavy (non-hydrogen) atoms. The number of para-hydroxylation sites is 1. The Balaban J connectivity index is 1.85. The quantitative estimate of drug-likeness (QED) is 0.867. The molecular formula is C15H19N3O2. The maximum Gasteiger partial charge on any atom is 0.256 e. The minimum atomic E-state index is -0.0853. The van der Waals surface area contributed by atoms with Gasteiger partial charge >= 0.3 is 0 Å². The molecule has 1 saturated heterocycles. The molecule has 2 unspecified atom stereocenters. The van der Waals surface area contributed by atoms with Crippen LogP contribution in [0.25, 0.3) is 10.9 Å². The van der Waals surface area contributed by atoms with E-state index in [0.717, 1.165) is 10.9 Å². The Labute approximate surface area is 117 Å². The highest BCUT2D eigenvalue weighted by Gasteiger charge is 2.28. The Morgan fingerprint density at radius 1 is 1.50 bits per heavy atom. The molecule has 5 nitrogen and oxygen atoms in total. The third-order valence-electron chi connectivity index (χ3n) is 3.79. The van der Waals surface area contributed by atoms with Crippen molar-refractivity contribution >= 4 is 16.8 Å². The van der Waals surface area contributed by atoms with E-state index in [9.17, 15) is 4.79 Å². The maximum atomic E-state index is 12.7. The minimum absolute atomic E-state index is 0.0383. The lowest BCUT2D eigenvalue weighted by Crippen LogP contribution is -2.51. The Morgan fingerprint density at radius 3 is 3.10 bits per heavy atom. The van der Waals surface area contributed by atoms with Gasteiger partial charge in [0.15, 0.2) is 0 Å². The van der Waals surface area contributed by atoms with Gasteiger partial charge in [0.05, 0.1) is 18.3 Å². The van der Waals surface area contributed by atoms with Gasteiger partial charge in [-0.1, -0.05) is 18.2 Å². The van der Waals surface area contributed by atoms with Crippen LogP contribution in [-0.2, 0) is 4.74 Å². The molecule has 2 atom stereocenters. The van der Waals surface area contributed by atoms with Crippen molar-refractivity contribution in [3.8, 4) is 0 Å². The number of hydrogen-bond acceptors (Lipinski definition) is 3. The molecule has 0 spiro atoms. The number of morpholine rings is 1. The smallest absolute Gasteiger partial charge is 0.256 e. The average Bonchev–Trinajstić information content (AvgIpc) is 2.90. The zero-order chi connectivity index (χ0) is 14.1. The van der Waals surface area contributed by atoms with Crippen LogP contribution in [0.5, 0.6) is 0 Å². The first-order chi connectivity index (χ1) is 9.66. The Morgan fingerprint density at radius 2 is 2.30 bits per heavy atom. The number of carbonyl (C=O) groups is 1. The molecule has 1 aliphatic heterocycles. The van der Waals surface area contributed by atoms with E-state index in [1.165, 1.54) is 0 Å². The molecule has 1 aliphatic rings. The molecule has 1 amide bonds. The molecule has 1 fully saturated rings. The summed E-state index contributed by atoms with van der Waals surface area (Å²) >= 11 is 0. The summed E-state index contributed by atoms with van der Waals surface area (Å²) < 4.78 is 5.60. The van der Waals surface area contributed by atoms with E-state index < -0.39 is 0 Å². The van der Waals surface area contributed by atoms with Gasteiger partial charge in [0.1, 0.15) is 0 Å². The molecule has 0 saturated carbocycles. The zero-order valence-electron chi connectivity index (χ0n) is 11.5. The largest absolute Gasteiger partial charge is 0.373 e. The summed E-state index contributed by atoms with van der Waals surface area (Å²) in [5.41, 5.74) is 7.56. The lowest BCUT2D eigenvalue weighted by molar-refractivity contribution is -0.0299. The number of nitrogens with one attached hydrogen (secondary N) is 1. The van der Waals surface area contributed by atoms with Gasteiger partial charge in [-0.3, -0.25) is 4.79 Å². The number of benzene rings is 1. The van der Waals surface area contributed by atoms with Crippen molar-refractivity contribution in [2.75, 3.05) is 19.7 Å². The normalized spacial score (nSPS) is 21.1. The molecule has 2 heterocycles. The first kappa shape index (κ1) is 13.1. The lowest BCUT2D eigenvalue weighted by atomic mass is 10.1. The van der Waals surface area contributed by atoms with Crippen LogP contribution in [0.2, 0.25) is 0 Å². The van der Waals surface area contributed by atoms with Crippen LogP contribution < -0.4 is 5.73 Å². The fourth-order valence-corrected chi connectivity index (χ4v) is 2.60. The fraction of sp³-hybridized carbons (Fsp3) is 0.400. The van der Waals surface area contributed by atoms with Gasteiger partial charge in [0, 0.05) is 36.2 Å². The molecule has 2 aromatic rings. The number of amides is 1. The van der Waals surface area contributed by atoms with Gasteiger partial charge in [-0.15, -0.1) is 0 Å². The number of rotatable bonds is 2. The van der Waals surface area contributed by atoms with Gasteiger partial charge in [-0.25, -0.2) is 0 Å². The first-order valence-electron chi connectivity index (χ1n) is 6.89. The zero-order valence-corrected chi connectivity index (χ0v) is 11.5. The number of aromatic amines is 1. The van der Waals surface area contributed by atoms with Crippen molar-refractivity contribution in [2.45, 2.75) is 19.1 Å². The van der Waals surface area contributed by atoms with E-state index >= 15 is 0 Å². The molecule has 106 valence electrons. The third kappa shape index (κ3) is 2.30. The van der Waals surface area contributed by atoms with Crippen molar-refractivity contribution < 1.29 is 9.53 Å². The summed E-state index contributed by atoms with van der Waals surface area (Å²) in [4.78, 5) is 17.6. The van der Waals surface area contributed by atoms with Crippen LogP contribution in [0.15, 0.2) is 30.5 Å². The van der Waals surface area contributed by atoms with E-state index in [2.05, 4.69) is 4.98 Å². The molecule has 1 aromatic carbocycles. The number of H-pyrrole nitrogens is 1. The highest BCUT2D eigenvalue weighted by atomic mass is 16.5. The maximum absolute atomic E-state index is 12.7. The summed E-state index contributed by atoms with van der Waals surface area (Å²) in [5, 5.41) is 0.960. The second-order valence-electron chi connectivity index (χ2n) is 5.27. The predicted molar refractivity (Wildman–Crippen MR) is 77.6 cm³/mol. The lowest BCUT2D eigenvalue weighted by Gasteiger charge is -2.34. The number of hydrogen-bond donors (Lipinski definition) is 2. The van der Waals surface area contributed by atoms with Crippen molar-refractivity contribution in [3.63, 3.8) is 0 Å². The van der Waals surface area contributed by atoms with E-state index in [0.29, 0.717) is 25.3 Å². The number of fused-ring (bicyclic) bond motifs is 1. The van der Waals surface area contributed by atoms with Crippen LogP contribution in [0, 0.1) is 0 Å². The SMILES string of the molecule is CC(N)C1CN(C(=O)c2c[nH]c3ccccc23)CCO1. The van der Waals surface area contributed by atoms with Gasteiger partial charge in [-0.05, 0) is 13.0 Å². The van der Waals surface area contributed by atoms with Gasteiger partial charge in [0.25, 0.3) is 5.91 Å². The second-order valence-corrected chi connectivity index (χ2v) is 5.27. The van der Waals surface area contributed by atoms with Crippen LogP contribution in [0.1, 0.15) is 17.3 Å². The molecule has 5 heteroatoms. The fourth-order valence-electron chi connectivity index (χ4n) is 2.60. The minimum Gasteiger partial charge on any atom is -0.373 e. The highest BCUT2D eigenvalue weighted by molar-refractivity contribution is 6.06. The molecule has 3 rings (SSSR count). The van der Waals surface area contributed by atoms with Gasteiger partial charge < -0.3 is 20.4 Å². The molecule has 0 bridgehead atoms. The van der Waals surface area contributed by atoms with Crippen molar-refractivity contribution in [3.05, 3.63) is 36.0 Å². The van der Waals surface area contributed by atoms with Crippen molar-refractivity contribution in [1.82, 2.24) is 9.88 Å². The monoisotopic (exact) mass is 273 g/mol. The Bertz CT molecular complexity index is 620. The number of nitrogens with zero attached hydrogens (tertiary/aromatic N) is 1. The number of nitrogens with two attached hydrogens (primary N) is 1. The van der Waals surface area contributed by atoms with Crippen molar-refractivity contribution in [2.24, 2.45) is 5.73 Å². The summed E-state index contributed by atoms with van der Waals surface area (Å²) in [7, 11) is 0. The molecule has 3 N–H and O–H groups in total. The van der Waals surface area contributed by atoms with Crippen LogP contribution in [-0.4, -0.2) is 47.6 Å². The highest BCUT2D eigenvalue weighted by Crippen LogP contribution is 2.20. The topological polar surface area (TPSA) is 71.3 Å². The van der Waals surface area contributed by atoms with Crippen molar-refractivity contribution in [1.29, 1.82) is 0 Å². The number of carbonyl (C=O) groups excluding carboxylic acids is 1. The van der Waals surface area contributed by atoms with Crippen LogP contribution in [0.4, 0.5) is 0 Å². The predicted octanol–water partition coefficient (Wildman–Crippen LogP) is 1.36. The molecular weight excluding hydrogens is 254 g/mol. The second kappa shape index (κ2) is 5.26. The third-order valence-corrected chi connectivity index (χ3v) is 3.79. The molecule has 0 aliphatic carbocycles. The molecule has 0 radical (unpaired) electrons. The van der Waals surface area contributed by atoms with Crippen LogP contribution in [0.3, 0.4) is 0 Å². The standard InChI is InChI=1S/C15H19N3O2/c1-10(16)14-9-18(6-7-20-14)15(19)12-8-17-13-5-3-2-4-11(12)13/h2-5,8,10,14,17H,6-7,9,16H2,1H3. The van der Waals surface area contributed by atoms with E-state index in [-0.39, 0.29) is 18.1 Å². The summed E-state index contributed by atoms with van der Waals surface area (Å²) in [6, 6.07) is 7.75. The summed E-state index contributed by atoms with van der Waals surface area (Å²) in [6.07, 6.45) is 1.70. The summed E-state index contributed by atoms with van der Waals surface area (Å²) in [5.74, 6) is 0.0383. The number of ether oxygens (including phenoxy) is 1. The van der Waals surface area contributed by atoms with Gasteiger partial charge in [0.2, 0.25) is 0 Å².